The molecule has 0 aliphatic heterocycles. The zero-order valence-electron chi connectivity index (χ0n) is 9.22. The number of rotatable bonds is 3. The summed E-state index contributed by atoms with van der Waals surface area (Å²) in [6, 6.07) is 8.09. The Morgan fingerprint density at radius 1 is 1.31 bits per heavy atom. The van der Waals surface area contributed by atoms with Crippen LogP contribution in [-0.2, 0) is 6.54 Å². The van der Waals surface area contributed by atoms with Crippen molar-refractivity contribution in [2.24, 2.45) is 0 Å². The van der Waals surface area contributed by atoms with Crippen molar-refractivity contribution in [1.29, 1.82) is 0 Å². The fraction of sp³-hybridized carbons (Fsp3) is 0.250. The molecule has 16 heavy (non-hydrogen) atoms. The summed E-state index contributed by atoms with van der Waals surface area (Å²) in [5.41, 5.74) is 9.61. The highest BCUT2D eigenvalue weighted by Crippen LogP contribution is 2.25. The van der Waals surface area contributed by atoms with Crippen LogP contribution in [0.2, 0.25) is 0 Å². The van der Waals surface area contributed by atoms with Crippen LogP contribution in [0.1, 0.15) is 5.56 Å². The molecule has 0 aliphatic carbocycles. The summed E-state index contributed by atoms with van der Waals surface area (Å²) in [4.78, 5) is 0. The fourth-order valence-electron chi connectivity index (χ4n) is 1.69. The molecule has 0 radical (unpaired) electrons. The Bertz CT molecular complexity index is 474. The zero-order valence-corrected chi connectivity index (χ0v) is 9.22. The molecule has 1 aromatic heterocycles. The van der Waals surface area contributed by atoms with Crippen LogP contribution in [0.4, 0.5) is 5.69 Å². The van der Waals surface area contributed by atoms with Crippen molar-refractivity contribution in [3.05, 3.63) is 36.0 Å². The van der Waals surface area contributed by atoms with Gasteiger partial charge < -0.3 is 10.8 Å². The summed E-state index contributed by atoms with van der Waals surface area (Å²) in [5, 5.41) is 13.1. The number of aromatic nitrogens is 2. The monoisotopic (exact) mass is 217 g/mol. The number of aliphatic hydroxyl groups is 1. The van der Waals surface area contributed by atoms with E-state index in [1.807, 2.05) is 31.2 Å². The molecular formula is C12H15N3O. The van der Waals surface area contributed by atoms with Gasteiger partial charge in [-0.2, -0.15) is 5.10 Å². The molecule has 2 aromatic rings. The highest BCUT2D eigenvalue weighted by atomic mass is 16.3. The number of aliphatic hydroxyl groups excluding tert-OH is 1. The Morgan fingerprint density at radius 3 is 2.62 bits per heavy atom. The van der Waals surface area contributed by atoms with Gasteiger partial charge >= 0.3 is 0 Å². The molecule has 0 saturated carbocycles. The van der Waals surface area contributed by atoms with Gasteiger partial charge in [0.1, 0.15) is 0 Å². The molecule has 0 amide bonds. The predicted octanol–water partition coefficient (Wildman–Crippen LogP) is 1.43. The van der Waals surface area contributed by atoms with Gasteiger partial charge in [0.05, 0.1) is 30.7 Å². The van der Waals surface area contributed by atoms with Gasteiger partial charge in [-0.15, -0.1) is 0 Å². The van der Waals surface area contributed by atoms with Gasteiger partial charge in [-0.25, -0.2) is 0 Å². The van der Waals surface area contributed by atoms with Crippen molar-refractivity contribution >= 4 is 5.69 Å². The van der Waals surface area contributed by atoms with Crippen molar-refractivity contribution < 1.29 is 5.11 Å². The van der Waals surface area contributed by atoms with Crippen LogP contribution in [0, 0.1) is 6.92 Å². The maximum Gasteiger partial charge on any atom is 0.0913 e. The Kier molecular flexibility index (Phi) is 2.92. The normalized spacial score (nSPS) is 10.6. The number of hydrogen-bond acceptors (Lipinski definition) is 3. The summed E-state index contributed by atoms with van der Waals surface area (Å²) >= 11 is 0. The smallest absolute Gasteiger partial charge is 0.0913 e. The van der Waals surface area contributed by atoms with E-state index in [1.165, 1.54) is 5.56 Å². The van der Waals surface area contributed by atoms with Crippen LogP contribution >= 0.6 is 0 Å². The summed E-state index contributed by atoms with van der Waals surface area (Å²) < 4.78 is 1.72. The average Bonchev–Trinajstić information content (AvgIpc) is 2.62. The van der Waals surface area contributed by atoms with Gasteiger partial charge in [-0.1, -0.05) is 29.8 Å². The third-order valence-corrected chi connectivity index (χ3v) is 2.50. The number of aryl methyl sites for hydroxylation is 1. The lowest BCUT2D eigenvalue weighted by Gasteiger charge is -2.07. The Hall–Kier alpha value is -1.81. The van der Waals surface area contributed by atoms with Crippen LogP contribution in [0.25, 0.3) is 11.3 Å². The van der Waals surface area contributed by atoms with Gasteiger partial charge in [0, 0.05) is 5.56 Å². The Balaban J connectivity index is 2.45. The first kappa shape index (κ1) is 10.7. The molecule has 2 rings (SSSR count). The molecule has 0 unspecified atom stereocenters. The lowest BCUT2D eigenvalue weighted by molar-refractivity contribution is 0.270. The van der Waals surface area contributed by atoms with Gasteiger partial charge in [-0.05, 0) is 6.92 Å². The third-order valence-electron chi connectivity index (χ3n) is 2.50. The number of benzene rings is 1. The molecule has 1 heterocycles. The third kappa shape index (κ3) is 1.92. The minimum Gasteiger partial charge on any atom is -0.396 e. The van der Waals surface area contributed by atoms with Crippen LogP contribution in [-0.4, -0.2) is 21.5 Å². The van der Waals surface area contributed by atoms with Crippen LogP contribution in [0.5, 0.6) is 0 Å². The second kappa shape index (κ2) is 4.37. The number of nitrogens with zero attached hydrogens (tertiary/aromatic N) is 2. The number of anilines is 1. The van der Waals surface area contributed by atoms with E-state index in [9.17, 15) is 0 Å². The first-order valence-corrected chi connectivity index (χ1v) is 5.21. The second-order valence-electron chi connectivity index (χ2n) is 3.76. The minimum atomic E-state index is 0.0555. The topological polar surface area (TPSA) is 64.1 Å². The van der Waals surface area contributed by atoms with E-state index < -0.39 is 0 Å². The van der Waals surface area contributed by atoms with Crippen LogP contribution in [0.3, 0.4) is 0 Å². The van der Waals surface area contributed by atoms with Crippen LogP contribution < -0.4 is 5.73 Å². The molecule has 0 fully saturated rings. The largest absolute Gasteiger partial charge is 0.396 e. The fourth-order valence-corrected chi connectivity index (χ4v) is 1.69. The molecule has 0 spiro atoms. The number of nitrogen functional groups attached to an aromatic ring is 1. The highest BCUT2D eigenvalue weighted by Gasteiger charge is 2.09. The van der Waals surface area contributed by atoms with Gasteiger partial charge in [-0.3, -0.25) is 4.68 Å². The van der Waals surface area contributed by atoms with Gasteiger partial charge in [0.2, 0.25) is 0 Å². The Labute approximate surface area is 94.3 Å². The summed E-state index contributed by atoms with van der Waals surface area (Å²) in [7, 11) is 0. The van der Waals surface area contributed by atoms with Crippen molar-refractivity contribution in [3.8, 4) is 11.3 Å². The minimum absolute atomic E-state index is 0.0555. The SMILES string of the molecule is Cc1ccc(-c2c(N)cnn2CCO)cc1. The van der Waals surface area contributed by atoms with E-state index in [2.05, 4.69) is 5.10 Å². The maximum atomic E-state index is 8.94. The van der Waals surface area contributed by atoms with Crippen LogP contribution in [0.15, 0.2) is 30.5 Å². The molecular weight excluding hydrogens is 202 g/mol. The van der Waals surface area contributed by atoms with Crippen molar-refractivity contribution in [2.75, 3.05) is 12.3 Å². The summed E-state index contributed by atoms with van der Waals surface area (Å²) in [5.74, 6) is 0. The van der Waals surface area contributed by atoms with E-state index in [4.69, 9.17) is 10.8 Å². The van der Waals surface area contributed by atoms with E-state index in [0.717, 1.165) is 11.3 Å². The van der Waals surface area contributed by atoms with Crippen molar-refractivity contribution in [1.82, 2.24) is 9.78 Å². The number of hydrogen-bond donors (Lipinski definition) is 2. The summed E-state index contributed by atoms with van der Waals surface area (Å²) in [6.07, 6.45) is 1.62. The lowest BCUT2D eigenvalue weighted by Crippen LogP contribution is -2.06. The zero-order chi connectivity index (χ0) is 11.5. The maximum absolute atomic E-state index is 8.94. The first-order chi connectivity index (χ1) is 7.72. The molecule has 4 heteroatoms. The lowest BCUT2D eigenvalue weighted by atomic mass is 10.1. The quantitative estimate of drug-likeness (QED) is 0.817. The first-order valence-electron chi connectivity index (χ1n) is 5.21. The highest BCUT2D eigenvalue weighted by molar-refractivity contribution is 5.72. The average molecular weight is 217 g/mol. The molecule has 3 N–H and O–H groups in total. The molecule has 0 bridgehead atoms. The number of nitrogens with two attached hydrogens (primary N) is 1. The van der Waals surface area contributed by atoms with E-state index >= 15 is 0 Å². The molecule has 0 saturated heterocycles. The molecule has 0 aliphatic rings. The van der Waals surface area contributed by atoms with Crippen molar-refractivity contribution in [2.45, 2.75) is 13.5 Å². The van der Waals surface area contributed by atoms with E-state index in [1.54, 1.807) is 10.9 Å². The summed E-state index contributed by atoms with van der Waals surface area (Å²) in [6.45, 7) is 2.55. The van der Waals surface area contributed by atoms with Crippen molar-refractivity contribution in [3.63, 3.8) is 0 Å². The van der Waals surface area contributed by atoms with Gasteiger partial charge in [0.15, 0.2) is 0 Å². The molecule has 4 nitrogen and oxygen atoms in total. The second-order valence-corrected chi connectivity index (χ2v) is 3.76. The Morgan fingerprint density at radius 2 is 2.00 bits per heavy atom. The van der Waals surface area contributed by atoms with E-state index in [0.29, 0.717) is 12.2 Å². The molecule has 84 valence electrons. The molecule has 0 atom stereocenters. The predicted molar refractivity (Wildman–Crippen MR) is 63.9 cm³/mol. The standard InChI is InChI=1S/C12H15N3O/c1-9-2-4-10(5-3-9)12-11(13)8-14-15(12)6-7-16/h2-5,8,16H,6-7,13H2,1H3. The van der Waals surface area contributed by atoms with E-state index in [-0.39, 0.29) is 6.61 Å². The van der Waals surface area contributed by atoms with Gasteiger partial charge in [0.25, 0.3) is 0 Å². The molecule has 1 aromatic carbocycles.